The summed E-state index contributed by atoms with van der Waals surface area (Å²) in [6.45, 7) is 5.13. The molecule has 2 atom stereocenters. The maximum atomic E-state index is 13.3. The Bertz CT molecular complexity index is 1080. The van der Waals surface area contributed by atoms with Crippen LogP contribution in [-0.2, 0) is 11.3 Å². The Kier molecular flexibility index (Phi) is 6.92. The van der Waals surface area contributed by atoms with E-state index in [0.29, 0.717) is 36.8 Å². The summed E-state index contributed by atoms with van der Waals surface area (Å²) in [5.74, 6) is 0.178. The molecule has 2 aromatic carbocycles. The molecule has 172 valence electrons. The van der Waals surface area contributed by atoms with Crippen molar-refractivity contribution in [3.63, 3.8) is 0 Å². The number of hydrogen-bond acceptors (Lipinski definition) is 5. The molecule has 4 rings (SSSR count). The van der Waals surface area contributed by atoms with Crippen LogP contribution in [0.2, 0.25) is 0 Å². The number of carbonyl (C=O) groups is 2. The lowest BCUT2D eigenvalue weighted by Gasteiger charge is -2.27. The largest absolute Gasteiger partial charge is 0.486 e. The van der Waals surface area contributed by atoms with E-state index in [1.54, 1.807) is 30.7 Å². The minimum atomic E-state index is -0.730. The number of aromatic nitrogens is 2. The molecule has 0 aliphatic carbocycles. The average molecular weight is 449 g/mol. The number of carbonyl (C=O) groups excluding carboxylic acids is 2. The van der Waals surface area contributed by atoms with Gasteiger partial charge in [0.2, 0.25) is 5.91 Å². The fourth-order valence-electron chi connectivity index (χ4n) is 3.79. The molecule has 1 aromatic heterocycles. The number of imidazole rings is 1. The molecule has 0 unspecified atom stereocenters. The standard InChI is InChI=1S/C25H28N4O4/c1-17(2)22(28-24(30)19-9-6-10-21-23(19)33-14-13-32-21)25(31)27-20(15-29-12-11-26-16-29)18-7-4-3-5-8-18/h3-12,16-17,20,22H,13-15H2,1-2H3,(H,27,31)(H,28,30)/t20-,22-/m0/s1. The first kappa shape index (κ1) is 22.4. The molecule has 33 heavy (non-hydrogen) atoms. The molecule has 8 nitrogen and oxygen atoms in total. The topological polar surface area (TPSA) is 94.5 Å². The van der Waals surface area contributed by atoms with Crippen LogP contribution < -0.4 is 20.1 Å². The number of amides is 2. The molecule has 8 heteroatoms. The third kappa shape index (κ3) is 5.34. The van der Waals surface area contributed by atoms with Gasteiger partial charge in [-0.2, -0.15) is 0 Å². The van der Waals surface area contributed by atoms with E-state index in [1.165, 1.54) is 0 Å². The van der Waals surface area contributed by atoms with E-state index >= 15 is 0 Å². The molecule has 2 amide bonds. The van der Waals surface area contributed by atoms with Gasteiger partial charge >= 0.3 is 0 Å². The van der Waals surface area contributed by atoms with Crippen LogP contribution in [-0.4, -0.2) is 40.6 Å². The summed E-state index contributed by atoms with van der Waals surface area (Å²) < 4.78 is 13.1. The molecule has 0 saturated carbocycles. The van der Waals surface area contributed by atoms with E-state index in [4.69, 9.17) is 9.47 Å². The van der Waals surface area contributed by atoms with Crippen LogP contribution in [0.4, 0.5) is 0 Å². The predicted octanol–water partition coefficient (Wildman–Crippen LogP) is 2.97. The predicted molar refractivity (Wildman–Crippen MR) is 123 cm³/mol. The first-order valence-electron chi connectivity index (χ1n) is 11.0. The summed E-state index contributed by atoms with van der Waals surface area (Å²) in [6, 6.07) is 13.9. The van der Waals surface area contributed by atoms with Crippen molar-refractivity contribution >= 4 is 11.8 Å². The first-order chi connectivity index (χ1) is 16.0. The molecule has 3 aromatic rings. The van der Waals surface area contributed by atoms with Gasteiger partial charge in [-0.3, -0.25) is 9.59 Å². The fraction of sp³-hybridized carbons (Fsp3) is 0.320. The van der Waals surface area contributed by atoms with Gasteiger partial charge in [0.1, 0.15) is 19.3 Å². The van der Waals surface area contributed by atoms with Crippen LogP contribution in [0.25, 0.3) is 0 Å². The maximum absolute atomic E-state index is 13.3. The van der Waals surface area contributed by atoms with E-state index in [-0.39, 0.29) is 23.8 Å². The normalized spacial score (nSPS) is 14.4. The zero-order valence-electron chi connectivity index (χ0n) is 18.7. The van der Waals surface area contributed by atoms with Crippen molar-refractivity contribution < 1.29 is 19.1 Å². The smallest absolute Gasteiger partial charge is 0.255 e. The van der Waals surface area contributed by atoms with Crippen LogP contribution in [0, 0.1) is 5.92 Å². The summed E-state index contributed by atoms with van der Waals surface area (Å²) in [6.07, 6.45) is 5.27. The fourth-order valence-corrected chi connectivity index (χ4v) is 3.79. The number of benzene rings is 2. The highest BCUT2D eigenvalue weighted by Gasteiger charge is 2.29. The molecular formula is C25H28N4O4. The SMILES string of the molecule is CC(C)[C@H](NC(=O)c1cccc2c1OCCO2)C(=O)N[C@@H](Cn1ccnc1)c1ccccc1. The lowest BCUT2D eigenvalue weighted by molar-refractivity contribution is -0.124. The van der Waals surface area contributed by atoms with E-state index in [0.717, 1.165) is 5.56 Å². The highest BCUT2D eigenvalue weighted by molar-refractivity contribution is 6.00. The Labute approximate surface area is 192 Å². The molecular weight excluding hydrogens is 420 g/mol. The van der Waals surface area contributed by atoms with Gasteiger partial charge in [-0.1, -0.05) is 50.2 Å². The van der Waals surface area contributed by atoms with Gasteiger partial charge in [-0.05, 0) is 23.6 Å². The van der Waals surface area contributed by atoms with Crippen molar-refractivity contribution in [1.82, 2.24) is 20.2 Å². The van der Waals surface area contributed by atoms with E-state index in [1.807, 2.05) is 54.9 Å². The monoisotopic (exact) mass is 448 g/mol. The lowest BCUT2D eigenvalue weighted by atomic mass is 10.0. The van der Waals surface area contributed by atoms with E-state index in [9.17, 15) is 9.59 Å². The van der Waals surface area contributed by atoms with Crippen molar-refractivity contribution in [3.05, 3.63) is 78.4 Å². The summed E-state index contributed by atoms with van der Waals surface area (Å²) in [4.78, 5) is 30.5. The number of fused-ring (bicyclic) bond motifs is 1. The van der Waals surface area contributed by atoms with Gasteiger partial charge in [-0.25, -0.2) is 4.98 Å². The van der Waals surface area contributed by atoms with Gasteiger partial charge in [0.05, 0.1) is 17.9 Å². The van der Waals surface area contributed by atoms with Crippen molar-refractivity contribution in [3.8, 4) is 11.5 Å². The number of ether oxygens (including phenoxy) is 2. The number of nitrogens with zero attached hydrogens (tertiary/aromatic N) is 2. The number of para-hydroxylation sites is 1. The second-order valence-corrected chi connectivity index (χ2v) is 8.26. The summed E-state index contributed by atoms with van der Waals surface area (Å²) in [7, 11) is 0. The van der Waals surface area contributed by atoms with Gasteiger partial charge in [0, 0.05) is 18.9 Å². The molecule has 0 radical (unpaired) electrons. The molecule has 0 bridgehead atoms. The Balaban J connectivity index is 1.52. The van der Waals surface area contributed by atoms with Gasteiger partial charge in [-0.15, -0.1) is 0 Å². The average Bonchev–Trinajstić information content (AvgIpc) is 3.35. The summed E-state index contributed by atoms with van der Waals surface area (Å²) in [5, 5.41) is 6.01. The molecule has 0 fully saturated rings. The Morgan fingerprint density at radius 3 is 2.55 bits per heavy atom. The van der Waals surface area contributed by atoms with Crippen molar-refractivity contribution in [1.29, 1.82) is 0 Å². The maximum Gasteiger partial charge on any atom is 0.255 e. The molecule has 0 saturated heterocycles. The Hall–Kier alpha value is -3.81. The Morgan fingerprint density at radius 1 is 1.03 bits per heavy atom. The zero-order valence-corrected chi connectivity index (χ0v) is 18.7. The second kappa shape index (κ2) is 10.2. The van der Waals surface area contributed by atoms with Crippen LogP contribution in [0.15, 0.2) is 67.3 Å². The number of hydrogen-bond donors (Lipinski definition) is 2. The molecule has 1 aliphatic heterocycles. The molecule has 2 heterocycles. The number of nitrogens with one attached hydrogen (secondary N) is 2. The minimum absolute atomic E-state index is 0.129. The number of rotatable bonds is 8. The van der Waals surface area contributed by atoms with Crippen LogP contribution in [0.1, 0.15) is 35.8 Å². The minimum Gasteiger partial charge on any atom is -0.486 e. The van der Waals surface area contributed by atoms with Gasteiger partial charge < -0.3 is 24.7 Å². The van der Waals surface area contributed by atoms with E-state index in [2.05, 4.69) is 15.6 Å². The molecule has 2 N–H and O–H groups in total. The van der Waals surface area contributed by atoms with Crippen LogP contribution >= 0.6 is 0 Å². The Morgan fingerprint density at radius 2 is 1.82 bits per heavy atom. The molecule has 0 spiro atoms. The third-order valence-electron chi connectivity index (χ3n) is 5.52. The third-order valence-corrected chi connectivity index (χ3v) is 5.52. The highest BCUT2D eigenvalue weighted by Crippen LogP contribution is 2.33. The first-order valence-corrected chi connectivity index (χ1v) is 11.0. The zero-order chi connectivity index (χ0) is 23.2. The molecule has 1 aliphatic rings. The summed E-state index contributed by atoms with van der Waals surface area (Å²) >= 11 is 0. The van der Waals surface area contributed by atoms with Crippen molar-refractivity contribution in [2.75, 3.05) is 13.2 Å². The second-order valence-electron chi connectivity index (χ2n) is 8.26. The quantitative estimate of drug-likeness (QED) is 0.553. The van der Waals surface area contributed by atoms with Gasteiger partial charge in [0.15, 0.2) is 11.5 Å². The van der Waals surface area contributed by atoms with Crippen LogP contribution in [0.3, 0.4) is 0 Å². The van der Waals surface area contributed by atoms with Crippen molar-refractivity contribution in [2.45, 2.75) is 32.5 Å². The van der Waals surface area contributed by atoms with E-state index < -0.39 is 6.04 Å². The van der Waals surface area contributed by atoms with Crippen molar-refractivity contribution in [2.24, 2.45) is 5.92 Å². The summed E-state index contributed by atoms with van der Waals surface area (Å²) in [5.41, 5.74) is 1.32. The lowest BCUT2D eigenvalue weighted by Crippen LogP contribution is -2.51. The van der Waals surface area contributed by atoms with Gasteiger partial charge in [0.25, 0.3) is 5.91 Å². The highest BCUT2D eigenvalue weighted by atomic mass is 16.6. The van der Waals surface area contributed by atoms with Crippen LogP contribution in [0.5, 0.6) is 11.5 Å².